The molecule has 6 atom stereocenters. The number of likely N-dealkylation sites (tertiary alicyclic amines) is 1. The van der Waals surface area contributed by atoms with Crippen LogP contribution in [0.5, 0.6) is 0 Å². The first-order valence-electron chi connectivity index (χ1n) is 12.2. The van der Waals surface area contributed by atoms with Crippen molar-refractivity contribution in [1.29, 1.82) is 0 Å². The summed E-state index contributed by atoms with van der Waals surface area (Å²) in [5.74, 6) is 2.51. The van der Waals surface area contributed by atoms with Gasteiger partial charge in [-0.1, -0.05) is 26.8 Å². The van der Waals surface area contributed by atoms with Crippen LogP contribution in [-0.4, -0.2) is 33.4 Å². The Morgan fingerprint density at radius 2 is 2.00 bits per heavy atom. The van der Waals surface area contributed by atoms with E-state index in [1.54, 1.807) is 6.92 Å². The van der Waals surface area contributed by atoms with Crippen molar-refractivity contribution in [3.05, 3.63) is 29.9 Å². The fourth-order valence-electron chi connectivity index (χ4n) is 8.13. The quantitative estimate of drug-likeness (QED) is 0.669. The maximum atomic E-state index is 12.3. The number of amides is 1. The average Bonchev–Trinajstić information content (AvgIpc) is 3.10. The van der Waals surface area contributed by atoms with Gasteiger partial charge >= 0.3 is 0 Å². The second kappa shape index (κ2) is 7.17. The smallest absolute Gasteiger partial charge is 0.219 e. The summed E-state index contributed by atoms with van der Waals surface area (Å²) in [6, 6.07) is 0.454. The molecule has 4 heteroatoms. The maximum absolute atomic E-state index is 12.3. The van der Waals surface area contributed by atoms with Crippen molar-refractivity contribution in [3.8, 4) is 0 Å². The Labute approximate surface area is 181 Å². The van der Waals surface area contributed by atoms with Crippen LogP contribution in [0.1, 0.15) is 84.0 Å². The molecule has 4 nitrogen and oxygen atoms in total. The Morgan fingerprint density at radius 1 is 1.17 bits per heavy atom. The lowest BCUT2D eigenvalue weighted by atomic mass is 9.47. The molecule has 2 saturated carbocycles. The molecule has 0 radical (unpaired) electrons. The van der Waals surface area contributed by atoms with Crippen LogP contribution in [0, 0.1) is 28.6 Å². The van der Waals surface area contributed by atoms with Gasteiger partial charge in [-0.3, -0.25) is 9.78 Å². The number of nitrogens with zero attached hydrogens (tertiary/aromatic N) is 3. The third-order valence-electron chi connectivity index (χ3n) is 9.62. The first kappa shape index (κ1) is 20.2. The zero-order valence-corrected chi connectivity index (χ0v) is 19.2. The normalized spacial score (nSPS) is 40.3. The summed E-state index contributed by atoms with van der Waals surface area (Å²) in [4.78, 5) is 24.0. The van der Waals surface area contributed by atoms with E-state index in [4.69, 9.17) is 4.98 Å². The number of carbonyl (C=O) groups excluding carboxylic acids is 1. The van der Waals surface area contributed by atoms with Gasteiger partial charge in [-0.2, -0.15) is 0 Å². The van der Waals surface area contributed by atoms with Gasteiger partial charge in [0.2, 0.25) is 5.91 Å². The summed E-state index contributed by atoms with van der Waals surface area (Å²) < 4.78 is 0. The van der Waals surface area contributed by atoms with Crippen LogP contribution in [0.4, 0.5) is 0 Å². The minimum absolute atomic E-state index is 0.223. The number of aryl methyl sites for hydroxylation is 1. The van der Waals surface area contributed by atoms with Crippen molar-refractivity contribution in [1.82, 2.24) is 14.9 Å². The number of allylic oxidation sites excluding steroid dienone is 2. The van der Waals surface area contributed by atoms with E-state index in [-0.39, 0.29) is 11.3 Å². The molecule has 3 fully saturated rings. The fourth-order valence-corrected chi connectivity index (χ4v) is 8.13. The second-order valence-electron chi connectivity index (χ2n) is 10.9. The summed E-state index contributed by atoms with van der Waals surface area (Å²) in [5.41, 5.74) is 4.17. The van der Waals surface area contributed by atoms with Crippen molar-refractivity contribution in [3.63, 3.8) is 0 Å². The Bertz CT molecular complexity index is 879. The first-order valence-corrected chi connectivity index (χ1v) is 12.2. The average molecular weight is 408 g/mol. The van der Waals surface area contributed by atoms with Crippen molar-refractivity contribution in [2.75, 3.05) is 6.54 Å². The Kier molecular flexibility index (Phi) is 4.83. The summed E-state index contributed by atoms with van der Waals surface area (Å²) in [5, 5.41) is 0. The number of hydrogen-bond donors (Lipinski definition) is 0. The van der Waals surface area contributed by atoms with Gasteiger partial charge in [0.25, 0.3) is 0 Å². The number of piperidine rings is 1. The van der Waals surface area contributed by atoms with Crippen LogP contribution in [0.3, 0.4) is 0 Å². The van der Waals surface area contributed by atoms with E-state index < -0.39 is 0 Å². The molecular weight excluding hydrogens is 370 g/mol. The SMILES string of the molecule is CCc1cncc(C2=CC[C@H]3C4CCC5N(C(C)=O)CCC[C@]5(C)[C@H]4CC[C@]23C)n1. The van der Waals surface area contributed by atoms with E-state index in [0.717, 1.165) is 36.2 Å². The number of hydrogen-bond acceptors (Lipinski definition) is 3. The van der Waals surface area contributed by atoms with Crippen molar-refractivity contribution < 1.29 is 4.79 Å². The van der Waals surface area contributed by atoms with Crippen LogP contribution in [0.15, 0.2) is 18.5 Å². The molecule has 0 spiro atoms. The van der Waals surface area contributed by atoms with Crippen molar-refractivity contribution in [2.24, 2.45) is 28.6 Å². The molecule has 162 valence electrons. The zero-order valence-electron chi connectivity index (χ0n) is 19.2. The van der Waals surface area contributed by atoms with Gasteiger partial charge in [0.15, 0.2) is 0 Å². The summed E-state index contributed by atoms with van der Waals surface area (Å²) in [6.07, 6.45) is 15.9. The molecule has 1 aliphatic heterocycles. The highest BCUT2D eigenvalue weighted by molar-refractivity contribution is 5.74. The third kappa shape index (κ3) is 2.81. The van der Waals surface area contributed by atoms with Crippen molar-refractivity contribution in [2.45, 2.75) is 85.1 Å². The van der Waals surface area contributed by atoms with Gasteiger partial charge in [-0.15, -0.1) is 0 Å². The van der Waals surface area contributed by atoms with Crippen LogP contribution in [0.25, 0.3) is 5.57 Å². The number of carbonyl (C=O) groups is 1. The van der Waals surface area contributed by atoms with Gasteiger partial charge in [0.05, 0.1) is 17.6 Å². The van der Waals surface area contributed by atoms with Crippen molar-refractivity contribution >= 4 is 11.5 Å². The molecular formula is C26H37N3O. The molecule has 1 aromatic rings. The molecule has 3 aliphatic carbocycles. The largest absolute Gasteiger partial charge is 0.339 e. The van der Waals surface area contributed by atoms with Gasteiger partial charge in [0.1, 0.15) is 0 Å². The predicted molar refractivity (Wildman–Crippen MR) is 120 cm³/mol. The molecule has 1 amide bonds. The highest BCUT2D eigenvalue weighted by Gasteiger charge is 2.59. The molecule has 0 N–H and O–H groups in total. The molecule has 2 heterocycles. The number of rotatable bonds is 2. The van der Waals surface area contributed by atoms with E-state index in [0.29, 0.717) is 17.4 Å². The topological polar surface area (TPSA) is 46.1 Å². The Morgan fingerprint density at radius 3 is 2.77 bits per heavy atom. The summed E-state index contributed by atoms with van der Waals surface area (Å²) in [6.45, 7) is 9.91. The first-order chi connectivity index (χ1) is 14.4. The lowest BCUT2D eigenvalue weighted by Gasteiger charge is -2.62. The Hall–Kier alpha value is -1.71. The molecule has 0 bridgehead atoms. The van der Waals surface area contributed by atoms with Crippen LogP contribution in [-0.2, 0) is 11.2 Å². The number of fused-ring (bicyclic) bond motifs is 5. The standard InChI is InChI=1S/C26H37N3O/c1-5-18-15-27-16-23(28-18)22-9-8-20-19-7-10-24-26(4,12-6-14-29(24)17(2)30)21(19)11-13-25(20,22)3/h9,15-16,19-21,24H,5-8,10-14H2,1-4H3/t19?,20-,21-,24?,25-,26+/m0/s1. The van der Waals surface area contributed by atoms with Gasteiger partial charge in [-0.05, 0) is 85.5 Å². The van der Waals surface area contributed by atoms with Crippen LogP contribution < -0.4 is 0 Å². The fraction of sp³-hybridized carbons (Fsp3) is 0.731. The van der Waals surface area contributed by atoms with E-state index in [2.05, 4.69) is 36.7 Å². The zero-order chi connectivity index (χ0) is 21.1. The molecule has 2 unspecified atom stereocenters. The van der Waals surface area contributed by atoms with Crippen LogP contribution >= 0.6 is 0 Å². The predicted octanol–water partition coefficient (Wildman–Crippen LogP) is 5.29. The lowest BCUT2D eigenvalue weighted by Crippen LogP contribution is -2.61. The molecule has 1 aromatic heterocycles. The highest BCUT2D eigenvalue weighted by atomic mass is 16.2. The minimum atomic E-state index is 0.223. The summed E-state index contributed by atoms with van der Waals surface area (Å²) in [7, 11) is 0. The Balaban J connectivity index is 1.44. The van der Waals surface area contributed by atoms with Gasteiger partial charge < -0.3 is 4.90 Å². The van der Waals surface area contributed by atoms with E-state index in [1.165, 1.54) is 50.5 Å². The number of aromatic nitrogens is 2. The van der Waals surface area contributed by atoms with E-state index in [9.17, 15) is 4.79 Å². The van der Waals surface area contributed by atoms with E-state index in [1.807, 2.05) is 12.4 Å². The van der Waals surface area contributed by atoms with Gasteiger partial charge in [-0.25, -0.2) is 4.98 Å². The molecule has 1 saturated heterocycles. The van der Waals surface area contributed by atoms with Gasteiger partial charge in [0, 0.05) is 25.7 Å². The molecule has 5 rings (SSSR count). The lowest BCUT2D eigenvalue weighted by molar-refractivity contribution is -0.151. The molecule has 30 heavy (non-hydrogen) atoms. The maximum Gasteiger partial charge on any atom is 0.219 e. The summed E-state index contributed by atoms with van der Waals surface area (Å²) >= 11 is 0. The van der Waals surface area contributed by atoms with Crippen LogP contribution in [0.2, 0.25) is 0 Å². The molecule has 4 aliphatic rings. The third-order valence-corrected chi connectivity index (χ3v) is 9.62. The minimum Gasteiger partial charge on any atom is -0.339 e. The van der Waals surface area contributed by atoms with E-state index >= 15 is 0 Å². The molecule has 0 aromatic carbocycles. The highest BCUT2D eigenvalue weighted by Crippen LogP contribution is 2.66. The second-order valence-corrected chi connectivity index (χ2v) is 10.9. The monoisotopic (exact) mass is 407 g/mol.